The van der Waals surface area contributed by atoms with Gasteiger partial charge in [-0.25, -0.2) is 14.8 Å². The van der Waals surface area contributed by atoms with E-state index in [9.17, 15) is 14.7 Å². The Hall–Kier alpha value is -3.16. The number of benzene rings is 1. The quantitative estimate of drug-likeness (QED) is 0.515. The highest BCUT2D eigenvalue weighted by molar-refractivity contribution is 6.01. The molecule has 33 heavy (non-hydrogen) atoms. The first-order chi connectivity index (χ1) is 15.9. The number of anilines is 3. The topological polar surface area (TPSA) is 107 Å². The van der Waals surface area contributed by atoms with Gasteiger partial charge in [-0.05, 0) is 48.8 Å². The largest absolute Gasteiger partial charge is 0.481 e. The number of hydrogen-bond donors (Lipinski definition) is 3. The molecule has 0 radical (unpaired) electrons. The number of carbonyl (C=O) groups is 2. The van der Waals surface area contributed by atoms with E-state index in [4.69, 9.17) is 0 Å². The first-order valence-corrected chi connectivity index (χ1v) is 11.9. The number of nitrogens with zero attached hydrogens (tertiary/aromatic N) is 3. The van der Waals surface area contributed by atoms with E-state index in [1.54, 1.807) is 12.4 Å². The molecule has 1 aromatic carbocycles. The van der Waals surface area contributed by atoms with E-state index in [1.807, 2.05) is 12.1 Å². The number of carboxylic acid groups (broad SMARTS) is 1. The van der Waals surface area contributed by atoms with Gasteiger partial charge in [0.25, 0.3) is 0 Å². The van der Waals surface area contributed by atoms with Crippen LogP contribution in [0.3, 0.4) is 0 Å². The zero-order chi connectivity index (χ0) is 23.4. The Morgan fingerprint density at radius 2 is 1.85 bits per heavy atom. The Bertz CT molecular complexity index is 975. The SMILES string of the molecule is CC(C)CN(c1ccc([C@H]2C[C@H]2C(=O)O)cc1NC(=O)Nc1cncnc1)C1CCCCC1. The molecule has 176 valence electrons. The van der Waals surface area contributed by atoms with Crippen LogP contribution in [0.15, 0.2) is 36.9 Å². The fourth-order valence-electron chi connectivity index (χ4n) is 4.85. The number of rotatable bonds is 8. The van der Waals surface area contributed by atoms with Crippen molar-refractivity contribution in [3.05, 3.63) is 42.5 Å². The summed E-state index contributed by atoms with van der Waals surface area (Å²) in [5.74, 6) is -0.640. The van der Waals surface area contributed by atoms with E-state index < -0.39 is 5.97 Å². The number of amides is 2. The van der Waals surface area contributed by atoms with E-state index in [-0.39, 0.29) is 17.9 Å². The minimum atomic E-state index is -0.760. The van der Waals surface area contributed by atoms with Crippen LogP contribution >= 0.6 is 0 Å². The van der Waals surface area contributed by atoms with Crippen molar-refractivity contribution in [1.29, 1.82) is 0 Å². The molecule has 0 spiro atoms. The highest BCUT2D eigenvalue weighted by Gasteiger charge is 2.44. The molecular weight excluding hydrogens is 418 g/mol. The molecule has 2 amide bonds. The van der Waals surface area contributed by atoms with E-state index in [1.165, 1.54) is 25.6 Å². The Balaban J connectivity index is 1.63. The summed E-state index contributed by atoms with van der Waals surface area (Å²) in [6.07, 6.45) is 11.1. The molecule has 2 saturated carbocycles. The van der Waals surface area contributed by atoms with Crippen molar-refractivity contribution in [2.75, 3.05) is 22.1 Å². The lowest BCUT2D eigenvalue weighted by Gasteiger charge is -2.38. The zero-order valence-corrected chi connectivity index (χ0v) is 19.3. The molecule has 8 heteroatoms. The third-order valence-corrected chi connectivity index (χ3v) is 6.51. The van der Waals surface area contributed by atoms with Crippen LogP contribution in [-0.4, -0.2) is 39.7 Å². The molecule has 0 bridgehead atoms. The van der Waals surface area contributed by atoms with Crippen molar-refractivity contribution in [2.24, 2.45) is 11.8 Å². The van der Waals surface area contributed by atoms with Crippen molar-refractivity contribution >= 4 is 29.1 Å². The van der Waals surface area contributed by atoms with E-state index in [0.717, 1.165) is 30.6 Å². The van der Waals surface area contributed by atoms with Crippen LogP contribution in [0.25, 0.3) is 0 Å². The molecule has 2 aromatic rings. The van der Waals surface area contributed by atoms with Gasteiger partial charge in [0.15, 0.2) is 0 Å². The fourth-order valence-corrected chi connectivity index (χ4v) is 4.85. The minimum Gasteiger partial charge on any atom is -0.481 e. The molecular formula is C25H33N5O3. The maximum atomic E-state index is 12.8. The molecule has 0 saturated heterocycles. The van der Waals surface area contributed by atoms with Gasteiger partial charge in [-0.3, -0.25) is 4.79 Å². The smallest absolute Gasteiger partial charge is 0.323 e. The van der Waals surface area contributed by atoms with Crippen LogP contribution in [0.4, 0.5) is 21.9 Å². The third kappa shape index (κ3) is 5.80. The van der Waals surface area contributed by atoms with Crippen LogP contribution in [0.2, 0.25) is 0 Å². The van der Waals surface area contributed by atoms with Gasteiger partial charge in [0.05, 0.1) is 35.4 Å². The number of hydrogen-bond acceptors (Lipinski definition) is 5. The number of carboxylic acids is 1. The summed E-state index contributed by atoms with van der Waals surface area (Å²) < 4.78 is 0. The second kappa shape index (κ2) is 10.2. The average molecular weight is 452 g/mol. The monoisotopic (exact) mass is 451 g/mol. The number of nitrogens with one attached hydrogen (secondary N) is 2. The Labute approximate surface area is 194 Å². The number of urea groups is 1. The van der Waals surface area contributed by atoms with Crippen molar-refractivity contribution in [3.8, 4) is 0 Å². The van der Waals surface area contributed by atoms with E-state index >= 15 is 0 Å². The number of carbonyl (C=O) groups excluding carboxylic acids is 1. The summed E-state index contributed by atoms with van der Waals surface area (Å²) in [6.45, 7) is 5.32. The first kappa shape index (κ1) is 23.0. The summed E-state index contributed by atoms with van der Waals surface area (Å²) in [4.78, 5) is 34.6. The van der Waals surface area contributed by atoms with Gasteiger partial charge in [-0.2, -0.15) is 0 Å². The number of aliphatic carboxylic acids is 1. The molecule has 3 N–H and O–H groups in total. The van der Waals surface area contributed by atoms with Gasteiger partial charge >= 0.3 is 12.0 Å². The zero-order valence-electron chi connectivity index (χ0n) is 19.3. The van der Waals surface area contributed by atoms with Gasteiger partial charge in [0.1, 0.15) is 6.33 Å². The van der Waals surface area contributed by atoms with E-state index in [2.05, 4.69) is 45.4 Å². The van der Waals surface area contributed by atoms with Crippen LogP contribution < -0.4 is 15.5 Å². The lowest BCUT2D eigenvalue weighted by Crippen LogP contribution is -2.40. The lowest BCUT2D eigenvalue weighted by molar-refractivity contribution is -0.138. The van der Waals surface area contributed by atoms with Crippen molar-refractivity contribution in [3.63, 3.8) is 0 Å². The molecule has 0 unspecified atom stereocenters. The van der Waals surface area contributed by atoms with Gasteiger partial charge < -0.3 is 20.6 Å². The molecule has 8 nitrogen and oxygen atoms in total. The van der Waals surface area contributed by atoms with Crippen LogP contribution in [0, 0.1) is 11.8 Å². The summed E-state index contributed by atoms with van der Waals surface area (Å²) in [5, 5.41) is 15.2. The van der Waals surface area contributed by atoms with Gasteiger partial charge in [-0.1, -0.05) is 39.2 Å². The number of aromatic nitrogens is 2. The molecule has 1 heterocycles. The summed E-state index contributed by atoms with van der Waals surface area (Å²) >= 11 is 0. The predicted octanol–water partition coefficient (Wildman–Crippen LogP) is 5.10. The van der Waals surface area contributed by atoms with Gasteiger partial charge in [-0.15, -0.1) is 0 Å². The molecule has 2 aliphatic rings. The van der Waals surface area contributed by atoms with Gasteiger partial charge in [0.2, 0.25) is 0 Å². The van der Waals surface area contributed by atoms with Crippen molar-refractivity contribution in [1.82, 2.24) is 9.97 Å². The minimum absolute atomic E-state index is 0.00378. The molecule has 4 rings (SSSR count). The lowest BCUT2D eigenvalue weighted by atomic mass is 9.92. The molecule has 2 fully saturated rings. The predicted molar refractivity (Wildman–Crippen MR) is 129 cm³/mol. The van der Waals surface area contributed by atoms with Crippen LogP contribution in [-0.2, 0) is 4.79 Å². The molecule has 0 aliphatic heterocycles. The first-order valence-electron chi connectivity index (χ1n) is 11.9. The summed E-state index contributed by atoms with van der Waals surface area (Å²) in [5.41, 5.74) is 3.17. The van der Waals surface area contributed by atoms with Gasteiger partial charge in [0, 0.05) is 12.6 Å². The average Bonchev–Trinajstić information content (AvgIpc) is 3.60. The maximum Gasteiger partial charge on any atom is 0.323 e. The highest BCUT2D eigenvalue weighted by atomic mass is 16.4. The maximum absolute atomic E-state index is 12.8. The second-order valence-corrected chi connectivity index (χ2v) is 9.61. The van der Waals surface area contributed by atoms with Crippen molar-refractivity contribution < 1.29 is 14.7 Å². The Morgan fingerprint density at radius 3 is 2.48 bits per heavy atom. The normalized spacial score (nSPS) is 20.3. The van der Waals surface area contributed by atoms with Crippen LogP contribution in [0.5, 0.6) is 0 Å². The molecule has 2 aliphatic carbocycles. The molecule has 2 atom stereocenters. The molecule has 1 aromatic heterocycles. The van der Waals surface area contributed by atoms with Crippen LogP contribution in [0.1, 0.15) is 63.9 Å². The standard InChI is InChI=1S/C25H33N5O3/c1-16(2)14-30(19-6-4-3-5-7-19)23-9-8-17(20-11-21(20)24(31)32)10-22(23)29-25(33)28-18-12-26-15-27-13-18/h8-10,12-13,15-16,19-21H,3-7,11,14H2,1-2H3,(H,31,32)(H2,28,29,33)/t20-,21-/m1/s1. The van der Waals surface area contributed by atoms with Crippen molar-refractivity contribution in [2.45, 2.75) is 64.3 Å². The second-order valence-electron chi connectivity index (χ2n) is 9.61. The highest BCUT2D eigenvalue weighted by Crippen LogP contribution is 2.49. The summed E-state index contributed by atoms with van der Waals surface area (Å²) in [7, 11) is 0. The third-order valence-electron chi connectivity index (χ3n) is 6.51. The Kier molecular flexibility index (Phi) is 7.11. The fraction of sp³-hybridized carbons (Fsp3) is 0.520. The van der Waals surface area contributed by atoms with E-state index in [0.29, 0.717) is 29.8 Å². The Morgan fingerprint density at radius 1 is 1.12 bits per heavy atom. The summed E-state index contributed by atoms with van der Waals surface area (Å²) in [6, 6.07) is 6.12.